The zero-order valence-electron chi connectivity index (χ0n) is 9.81. The highest BCUT2D eigenvalue weighted by Gasteiger charge is 2.08. The fourth-order valence-corrected chi connectivity index (χ4v) is 1.90. The van der Waals surface area contributed by atoms with Crippen molar-refractivity contribution in [3.8, 4) is 16.9 Å². The van der Waals surface area contributed by atoms with Gasteiger partial charge in [-0.3, -0.25) is 4.79 Å². The molecule has 4 heteroatoms. The van der Waals surface area contributed by atoms with Crippen molar-refractivity contribution >= 4 is 17.5 Å². The lowest BCUT2D eigenvalue weighted by atomic mass is 10.0. The highest BCUT2D eigenvalue weighted by molar-refractivity contribution is 6.33. The molecule has 0 radical (unpaired) electrons. The van der Waals surface area contributed by atoms with Gasteiger partial charge in [-0.15, -0.1) is 0 Å². The molecule has 0 aliphatic rings. The van der Waals surface area contributed by atoms with Gasteiger partial charge in [-0.2, -0.15) is 0 Å². The molecule has 0 saturated heterocycles. The lowest BCUT2D eigenvalue weighted by molar-refractivity contribution is 0.100. The third kappa shape index (κ3) is 2.46. The van der Waals surface area contributed by atoms with E-state index in [-0.39, 0.29) is 0 Å². The maximum atomic E-state index is 11.2. The number of hydrogen-bond acceptors (Lipinski definition) is 2. The molecule has 2 rings (SSSR count). The Morgan fingerprint density at radius 1 is 1.17 bits per heavy atom. The average molecular weight is 262 g/mol. The molecular formula is C14H12ClNO2. The van der Waals surface area contributed by atoms with Crippen LogP contribution in [-0.4, -0.2) is 13.0 Å². The predicted octanol–water partition coefficient (Wildman–Crippen LogP) is 3.11. The van der Waals surface area contributed by atoms with E-state index in [1.54, 1.807) is 25.3 Å². The Hall–Kier alpha value is -2.00. The summed E-state index contributed by atoms with van der Waals surface area (Å²) in [6, 6.07) is 12.4. The maximum absolute atomic E-state index is 11.2. The molecule has 0 aromatic heterocycles. The van der Waals surface area contributed by atoms with Gasteiger partial charge in [0.2, 0.25) is 5.91 Å². The molecule has 0 heterocycles. The normalized spacial score (nSPS) is 10.1. The monoisotopic (exact) mass is 261 g/mol. The molecule has 0 fully saturated rings. The number of carbonyl (C=O) groups is 1. The topological polar surface area (TPSA) is 52.3 Å². The molecule has 1 amide bonds. The van der Waals surface area contributed by atoms with Crippen molar-refractivity contribution in [2.24, 2.45) is 5.73 Å². The van der Waals surface area contributed by atoms with Crippen LogP contribution in [0.2, 0.25) is 5.02 Å². The van der Waals surface area contributed by atoms with Crippen molar-refractivity contribution in [3.63, 3.8) is 0 Å². The van der Waals surface area contributed by atoms with Gasteiger partial charge in [0, 0.05) is 16.1 Å². The fraction of sp³-hybridized carbons (Fsp3) is 0.0714. The second-order valence-electron chi connectivity index (χ2n) is 3.79. The molecule has 0 aliphatic heterocycles. The molecule has 0 bridgehead atoms. The third-order valence-corrected chi connectivity index (χ3v) is 2.98. The number of amides is 1. The minimum Gasteiger partial charge on any atom is -0.497 e. The Morgan fingerprint density at radius 3 is 2.39 bits per heavy atom. The van der Waals surface area contributed by atoms with Crippen molar-refractivity contribution in [2.75, 3.05) is 7.11 Å². The standard InChI is InChI=1S/C14H12ClNO2/c1-18-11-5-2-9(3-6-11)12-8-10(14(16)17)4-7-13(12)15/h2-8H,1H3,(H2,16,17). The number of hydrogen-bond donors (Lipinski definition) is 1. The molecule has 3 nitrogen and oxygen atoms in total. The highest BCUT2D eigenvalue weighted by Crippen LogP contribution is 2.30. The molecule has 0 spiro atoms. The Kier molecular flexibility index (Phi) is 3.53. The maximum Gasteiger partial charge on any atom is 0.248 e. The first-order valence-electron chi connectivity index (χ1n) is 5.35. The predicted molar refractivity (Wildman–Crippen MR) is 72.0 cm³/mol. The summed E-state index contributed by atoms with van der Waals surface area (Å²) in [5.41, 5.74) is 7.37. The van der Waals surface area contributed by atoms with E-state index in [0.29, 0.717) is 10.6 Å². The van der Waals surface area contributed by atoms with E-state index in [9.17, 15) is 4.79 Å². The first-order valence-corrected chi connectivity index (χ1v) is 5.73. The van der Waals surface area contributed by atoms with Crippen molar-refractivity contribution in [1.82, 2.24) is 0 Å². The molecule has 0 atom stereocenters. The average Bonchev–Trinajstić information content (AvgIpc) is 2.39. The number of carbonyl (C=O) groups excluding carboxylic acids is 1. The van der Waals surface area contributed by atoms with Crippen LogP contribution in [0.3, 0.4) is 0 Å². The van der Waals surface area contributed by atoms with Crippen molar-refractivity contribution in [1.29, 1.82) is 0 Å². The van der Waals surface area contributed by atoms with Crippen LogP contribution in [0.25, 0.3) is 11.1 Å². The minimum atomic E-state index is -0.471. The molecule has 92 valence electrons. The summed E-state index contributed by atoms with van der Waals surface area (Å²) in [6.07, 6.45) is 0. The van der Waals surface area contributed by atoms with Crippen LogP contribution >= 0.6 is 11.6 Å². The summed E-state index contributed by atoms with van der Waals surface area (Å²) in [4.78, 5) is 11.2. The summed E-state index contributed by atoms with van der Waals surface area (Å²) >= 11 is 6.13. The first kappa shape index (κ1) is 12.5. The number of primary amides is 1. The number of nitrogens with two attached hydrogens (primary N) is 1. The fourth-order valence-electron chi connectivity index (χ4n) is 1.67. The van der Waals surface area contributed by atoms with Crippen LogP contribution in [0.4, 0.5) is 0 Å². The zero-order chi connectivity index (χ0) is 13.1. The van der Waals surface area contributed by atoms with E-state index in [1.807, 2.05) is 24.3 Å². The van der Waals surface area contributed by atoms with Crippen LogP contribution in [-0.2, 0) is 0 Å². The van der Waals surface area contributed by atoms with Gasteiger partial charge in [0.15, 0.2) is 0 Å². The Morgan fingerprint density at radius 2 is 1.83 bits per heavy atom. The number of ether oxygens (including phenoxy) is 1. The smallest absolute Gasteiger partial charge is 0.248 e. The van der Waals surface area contributed by atoms with Gasteiger partial charge in [0.25, 0.3) is 0 Å². The van der Waals surface area contributed by atoms with Crippen molar-refractivity contribution < 1.29 is 9.53 Å². The molecule has 0 unspecified atom stereocenters. The quantitative estimate of drug-likeness (QED) is 0.923. The van der Waals surface area contributed by atoms with Gasteiger partial charge in [-0.25, -0.2) is 0 Å². The lowest BCUT2D eigenvalue weighted by Crippen LogP contribution is -2.10. The summed E-state index contributed by atoms with van der Waals surface area (Å²) in [5, 5.41) is 0.574. The second kappa shape index (κ2) is 5.10. The van der Waals surface area contributed by atoms with Crippen LogP contribution in [0.1, 0.15) is 10.4 Å². The van der Waals surface area contributed by atoms with Crippen LogP contribution in [0.15, 0.2) is 42.5 Å². The van der Waals surface area contributed by atoms with Gasteiger partial charge in [-0.05, 0) is 35.9 Å². The summed E-state index contributed by atoms with van der Waals surface area (Å²) in [5.74, 6) is 0.294. The zero-order valence-corrected chi connectivity index (χ0v) is 10.6. The van der Waals surface area contributed by atoms with E-state index in [0.717, 1.165) is 16.9 Å². The molecular weight excluding hydrogens is 250 g/mol. The van der Waals surface area contributed by atoms with Gasteiger partial charge in [0.1, 0.15) is 5.75 Å². The van der Waals surface area contributed by atoms with Crippen molar-refractivity contribution in [3.05, 3.63) is 53.1 Å². The lowest BCUT2D eigenvalue weighted by Gasteiger charge is -2.07. The molecule has 0 saturated carbocycles. The van der Waals surface area contributed by atoms with E-state index in [1.165, 1.54) is 0 Å². The SMILES string of the molecule is COc1ccc(-c2cc(C(N)=O)ccc2Cl)cc1. The number of benzene rings is 2. The summed E-state index contributed by atoms with van der Waals surface area (Å²) in [7, 11) is 1.61. The number of rotatable bonds is 3. The van der Waals surface area contributed by atoms with Gasteiger partial charge in [-0.1, -0.05) is 23.7 Å². The second-order valence-corrected chi connectivity index (χ2v) is 4.19. The summed E-state index contributed by atoms with van der Waals surface area (Å²) < 4.78 is 5.09. The Labute approximate surface area is 110 Å². The third-order valence-electron chi connectivity index (χ3n) is 2.65. The first-order chi connectivity index (χ1) is 8.61. The van der Waals surface area contributed by atoms with Gasteiger partial charge >= 0.3 is 0 Å². The van der Waals surface area contributed by atoms with Crippen LogP contribution < -0.4 is 10.5 Å². The van der Waals surface area contributed by atoms with E-state index in [2.05, 4.69) is 0 Å². The molecule has 2 N–H and O–H groups in total. The van der Waals surface area contributed by atoms with Crippen LogP contribution in [0, 0.1) is 0 Å². The van der Waals surface area contributed by atoms with Crippen LogP contribution in [0.5, 0.6) is 5.75 Å². The van der Waals surface area contributed by atoms with Gasteiger partial charge < -0.3 is 10.5 Å². The Balaban J connectivity index is 2.48. The highest BCUT2D eigenvalue weighted by atomic mass is 35.5. The van der Waals surface area contributed by atoms with Gasteiger partial charge in [0.05, 0.1) is 7.11 Å². The van der Waals surface area contributed by atoms with E-state index < -0.39 is 5.91 Å². The molecule has 18 heavy (non-hydrogen) atoms. The molecule has 2 aromatic carbocycles. The molecule has 0 aliphatic carbocycles. The minimum absolute atomic E-state index is 0.435. The van der Waals surface area contributed by atoms with E-state index in [4.69, 9.17) is 22.1 Å². The Bertz CT molecular complexity index is 579. The summed E-state index contributed by atoms with van der Waals surface area (Å²) in [6.45, 7) is 0. The number of methoxy groups -OCH3 is 1. The molecule has 2 aromatic rings. The van der Waals surface area contributed by atoms with Crippen molar-refractivity contribution in [2.45, 2.75) is 0 Å². The largest absolute Gasteiger partial charge is 0.497 e. The van der Waals surface area contributed by atoms with E-state index >= 15 is 0 Å². The number of halogens is 1.